The van der Waals surface area contributed by atoms with Gasteiger partial charge in [0.2, 0.25) is 5.91 Å². The number of benzene rings is 1. The van der Waals surface area contributed by atoms with Crippen LogP contribution in [0.25, 0.3) is 10.2 Å². The second kappa shape index (κ2) is 5.46. The maximum absolute atomic E-state index is 12.9. The molecule has 1 N–H and O–H groups in total. The highest BCUT2D eigenvalue weighted by atomic mass is 79.9. The number of non-ortho nitro benzene ring substituents is 1. The van der Waals surface area contributed by atoms with E-state index >= 15 is 0 Å². The molecule has 5 rings (SSSR count). The predicted molar refractivity (Wildman–Crippen MR) is 96.1 cm³/mol. The number of thiazole rings is 1. The van der Waals surface area contributed by atoms with Crippen LogP contribution in [0, 0.1) is 33.8 Å². The van der Waals surface area contributed by atoms with Gasteiger partial charge in [0, 0.05) is 18.1 Å². The van der Waals surface area contributed by atoms with Crippen molar-refractivity contribution in [3.8, 4) is 0 Å². The average molecular weight is 438 g/mol. The fourth-order valence-electron chi connectivity index (χ4n) is 4.60. The van der Waals surface area contributed by atoms with Crippen LogP contribution in [0.2, 0.25) is 0 Å². The van der Waals surface area contributed by atoms with Crippen molar-refractivity contribution >= 4 is 60.2 Å². The van der Waals surface area contributed by atoms with E-state index in [1.807, 2.05) is 0 Å². The van der Waals surface area contributed by atoms with E-state index < -0.39 is 10.8 Å². The molecule has 6 atom stereocenters. The first-order valence-electron chi connectivity index (χ1n) is 8.14. The van der Waals surface area contributed by atoms with Gasteiger partial charge in [0.25, 0.3) is 5.69 Å². The number of amides is 1. The highest BCUT2D eigenvalue weighted by Gasteiger charge is 2.67. The lowest BCUT2D eigenvalue weighted by atomic mass is 9.79. The summed E-state index contributed by atoms with van der Waals surface area (Å²) in [7, 11) is 0. The molecule has 0 unspecified atom stereocenters. The molecule has 0 spiro atoms. The van der Waals surface area contributed by atoms with Crippen LogP contribution < -0.4 is 5.32 Å². The average Bonchev–Trinajstić information content (AvgIpc) is 3.29. The van der Waals surface area contributed by atoms with Crippen LogP contribution in [0.5, 0.6) is 0 Å². The maximum Gasteiger partial charge on any atom is 0.310 e. The third-order valence-electron chi connectivity index (χ3n) is 5.64. The Bertz CT molecular complexity index is 978. The van der Waals surface area contributed by atoms with Crippen molar-refractivity contribution in [1.82, 2.24) is 4.98 Å². The van der Waals surface area contributed by atoms with Crippen molar-refractivity contribution in [1.29, 1.82) is 0 Å². The third kappa shape index (κ3) is 2.14. The molecule has 2 aliphatic carbocycles. The van der Waals surface area contributed by atoms with Crippen molar-refractivity contribution in [3.63, 3.8) is 0 Å². The van der Waals surface area contributed by atoms with Gasteiger partial charge in [0.1, 0.15) is 6.10 Å². The number of esters is 1. The molecule has 2 aromatic rings. The summed E-state index contributed by atoms with van der Waals surface area (Å²) in [5, 5.41) is 14.1. The number of nitrogens with one attached hydrogen (secondary N) is 1. The number of nitro benzene ring substituents is 1. The molecule has 1 amide bonds. The van der Waals surface area contributed by atoms with Gasteiger partial charge in [-0.25, -0.2) is 4.98 Å². The monoisotopic (exact) mass is 437 g/mol. The molecule has 1 aromatic carbocycles. The number of halogens is 1. The highest BCUT2D eigenvalue weighted by molar-refractivity contribution is 9.09. The lowest BCUT2D eigenvalue weighted by Gasteiger charge is -2.27. The standard InChI is InChI=1S/C16H12BrN3O5S/c17-12-6-4-7-11(15(22)25-13(7)12)10(6)14(21)19-16-18-8-2-1-5(20(23)24)3-9(8)26-16/h1-3,6-7,10-13H,4H2,(H,18,19,21)/t6-,7-,10-,11+,12-,13+/m1/s1. The summed E-state index contributed by atoms with van der Waals surface area (Å²) in [6, 6.07) is 4.38. The Morgan fingerprint density at radius 3 is 3.00 bits per heavy atom. The summed E-state index contributed by atoms with van der Waals surface area (Å²) in [6.07, 6.45) is 0.686. The molecule has 134 valence electrons. The largest absolute Gasteiger partial charge is 0.461 e. The van der Waals surface area contributed by atoms with E-state index in [1.165, 1.54) is 23.5 Å². The first kappa shape index (κ1) is 16.1. The maximum atomic E-state index is 12.9. The van der Waals surface area contributed by atoms with Gasteiger partial charge < -0.3 is 10.1 Å². The lowest BCUT2D eigenvalue weighted by Crippen LogP contribution is -2.40. The Hall–Kier alpha value is -2.07. The van der Waals surface area contributed by atoms with E-state index in [0.29, 0.717) is 15.3 Å². The Morgan fingerprint density at radius 1 is 1.42 bits per heavy atom. The number of hydrogen-bond donors (Lipinski definition) is 1. The van der Waals surface area contributed by atoms with Crippen molar-refractivity contribution in [2.24, 2.45) is 23.7 Å². The van der Waals surface area contributed by atoms with Gasteiger partial charge in [-0.15, -0.1) is 0 Å². The minimum Gasteiger partial charge on any atom is -0.461 e. The van der Waals surface area contributed by atoms with Crippen molar-refractivity contribution in [3.05, 3.63) is 28.3 Å². The lowest BCUT2D eigenvalue weighted by molar-refractivity contribution is -0.384. The van der Waals surface area contributed by atoms with Gasteiger partial charge in [-0.05, 0) is 18.4 Å². The van der Waals surface area contributed by atoms with Crippen LogP contribution in [-0.4, -0.2) is 32.7 Å². The topological polar surface area (TPSA) is 111 Å². The van der Waals surface area contributed by atoms with Crippen molar-refractivity contribution in [2.45, 2.75) is 17.4 Å². The number of fused-ring (bicyclic) bond motifs is 2. The molecule has 8 nitrogen and oxygen atoms in total. The van der Waals surface area contributed by atoms with E-state index in [2.05, 4.69) is 26.2 Å². The Labute approximate surface area is 159 Å². The quantitative estimate of drug-likeness (QED) is 0.342. The summed E-state index contributed by atoms with van der Waals surface area (Å²) in [5.41, 5.74) is 0.566. The first-order chi connectivity index (χ1) is 12.4. The molecule has 3 fully saturated rings. The zero-order valence-electron chi connectivity index (χ0n) is 13.1. The molecule has 2 saturated carbocycles. The van der Waals surface area contributed by atoms with Crippen LogP contribution in [0.3, 0.4) is 0 Å². The Morgan fingerprint density at radius 2 is 2.23 bits per heavy atom. The number of alkyl halides is 1. The van der Waals surface area contributed by atoms with Gasteiger partial charge in [0.05, 0.1) is 31.8 Å². The Balaban J connectivity index is 1.41. The van der Waals surface area contributed by atoms with E-state index in [9.17, 15) is 19.7 Å². The molecule has 1 aliphatic heterocycles. The number of carbonyl (C=O) groups excluding carboxylic acids is 2. The molecule has 1 saturated heterocycles. The fraction of sp³-hybridized carbons (Fsp3) is 0.438. The number of nitro groups is 1. The minimum atomic E-state index is -0.467. The second-order valence-electron chi connectivity index (χ2n) is 6.88. The van der Waals surface area contributed by atoms with E-state index in [1.54, 1.807) is 6.07 Å². The van der Waals surface area contributed by atoms with Crippen LogP contribution in [0.4, 0.5) is 10.8 Å². The molecule has 26 heavy (non-hydrogen) atoms. The Kier molecular flexibility index (Phi) is 3.39. The predicted octanol–water partition coefficient (Wildman–Crippen LogP) is 2.71. The number of aromatic nitrogens is 1. The van der Waals surface area contributed by atoms with Gasteiger partial charge in [-0.2, -0.15) is 0 Å². The van der Waals surface area contributed by atoms with E-state index in [0.717, 1.165) is 6.42 Å². The normalized spacial score (nSPS) is 34.3. The fourth-order valence-corrected chi connectivity index (χ4v) is 6.55. The van der Waals surface area contributed by atoms with Crippen LogP contribution in [0.15, 0.2) is 18.2 Å². The number of ether oxygens (including phenoxy) is 1. The van der Waals surface area contributed by atoms with Crippen LogP contribution >= 0.6 is 27.3 Å². The molecule has 3 aliphatic rings. The second-order valence-corrected chi connectivity index (χ2v) is 8.97. The number of carbonyl (C=O) groups is 2. The van der Waals surface area contributed by atoms with Crippen molar-refractivity contribution < 1.29 is 19.2 Å². The molecule has 1 aromatic heterocycles. The third-order valence-corrected chi connectivity index (χ3v) is 7.77. The van der Waals surface area contributed by atoms with Gasteiger partial charge in [-0.3, -0.25) is 19.7 Å². The van der Waals surface area contributed by atoms with Gasteiger partial charge in [0.15, 0.2) is 5.13 Å². The van der Waals surface area contributed by atoms with E-state index in [-0.39, 0.29) is 46.2 Å². The van der Waals surface area contributed by atoms with Gasteiger partial charge >= 0.3 is 5.97 Å². The molecule has 0 radical (unpaired) electrons. The summed E-state index contributed by atoms with van der Waals surface area (Å²) < 4.78 is 6.05. The highest BCUT2D eigenvalue weighted by Crippen LogP contribution is 2.60. The molecule has 2 bridgehead atoms. The number of rotatable bonds is 3. The molecular formula is C16H12BrN3O5S. The van der Waals surface area contributed by atoms with Crippen LogP contribution in [-0.2, 0) is 14.3 Å². The number of nitrogens with zero attached hydrogens (tertiary/aromatic N) is 2. The number of hydrogen-bond acceptors (Lipinski definition) is 7. The number of anilines is 1. The summed E-state index contributed by atoms with van der Waals surface area (Å²) in [5.74, 6) is -1.17. The van der Waals surface area contributed by atoms with Crippen molar-refractivity contribution in [2.75, 3.05) is 5.32 Å². The summed E-state index contributed by atoms with van der Waals surface area (Å²) >= 11 is 4.77. The SMILES string of the molecule is O=C(Nc1nc2ccc([N+](=O)[O-])cc2s1)[C@@H]1[C@H]2C[C@H]3[C@H](OC(=O)[C@@H]31)[C@@H]2Br. The summed E-state index contributed by atoms with van der Waals surface area (Å²) in [4.78, 5) is 39.7. The van der Waals surface area contributed by atoms with Gasteiger partial charge in [-0.1, -0.05) is 27.3 Å². The minimum absolute atomic E-state index is 0.00367. The summed E-state index contributed by atoms with van der Waals surface area (Å²) in [6.45, 7) is 0. The zero-order valence-corrected chi connectivity index (χ0v) is 15.5. The smallest absolute Gasteiger partial charge is 0.310 e. The molecule has 10 heteroatoms. The first-order valence-corrected chi connectivity index (χ1v) is 9.87. The zero-order chi connectivity index (χ0) is 18.2. The van der Waals surface area contributed by atoms with Crippen LogP contribution in [0.1, 0.15) is 6.42 Å². The van der Waals surface area contributed by atoms with E-state index in [4.69, 9.17) is 4.74 Å². The molecule has 2 heterocycles. The molecular weight excluding hydrogens is 426 g/mol.